The molecule has 23 heavy (non-hydrogen) atoms. The van der Waals surface area contributed by atoms with Gasteiger partial charge in [0, 0.05) is 23.2 Å². The average Bonchev–Trinajstić information content (AvgIpc) is 2.52. The van der Waals surface area contributed by atoms with Gasteiger partial charge in [-0.1, -0.05) is 35.9 Å². The molecule has 0 heterocycles. The van der Waals surface area contributed by atoms with Crippen molar-refractivity contribution in [3.8, 4) is 0 Å². The lowest BCUT2D eigenvalue weighted by Crippen LogP contribution is -2.29. The number of nitro groups is 1. The third-order valence-corrected chi connectivity index (χ3v) is 3.59. The summed E-state index contributed by atoms with van der Waals surface area (Å²) in [6, 6.07) is 10.7. The number of carbonyl (C=O) groups excluding carboxylic acids is 1. The Hall–Kier alpha value is -2.64. The van der Waals surface area contributed by atoms with E-state index in [1.165, 1.54) is 18.2 Å². The fourth-order valence-corrected chi connectivity index (χ4v) is 2.31. The van der Waals surface area contributed by atoms with E-state index in [0.717, 1.165) is 0 Å². The van der Waals surface area contributed by atoms with Crippen molar-refractivity contribution in [2.75, 3.05) is 12.3 Å². The molecule has 0 bridgehead atoms. The van der Waals surface area contributed by atoms with Crippen molar-refractivity contribution in [1.82, 2.24) is 5.32 Å². The van der Waals surface area contributed by atoms with Gasteiger partial charge >= 0.3 is 0 Å². The molecule has 0 aliphatic carbocycles. The number of para-hydroxylation sites is 1. The fraction of sp³-hybridized carbons (Fsp3) is 0.133. The third kappa shape index (κ3) is 3.77. The Bertz CT molecular complexity index is 751. The molecule has 0 fully saturated rings. The van der Waals surface area contributed by atoms with Crippen molar-refractivity contribution < 1.29 is 14.8 Å². The highest BCUT2D eigenvalue weighted by molar-refractivity contribution is 6.31. The van der Waals surface area contributed by atoms with Gasteiger partial charge in [-0.25, -0.2) is 0 Å². The molecule has 1 unspecified atom stereocenters. The quantitative estimate of drug-likeness (QED) is 0.440. The van der Waals surface area contributed by atoms with Crippen LogP contribution in [0.4, 0.5) is 11.4 Å². The Balaban J connectivity index is 2.10. The summed E-state index contributed by atoms with van der Waals surface area (Å²) in [5.41, 5.74) is 5.53. The largest absolute Gasteiger partial charge is 0.393 e. The first-order valence-corrected chi connectivity index (χ1v) is 7.03. The van der Waals surface area contributed by atoms with Crippen molar-refractivity contribution in [1.29, 1.82) is 0 Å². The first-order chi connectivity index (χ1) is 10.9. The predicted octanol–water partition coefficient (Wildman–Crippen LogP) is 2.29. The van der Waals surface area contributed by atoms with E-state index in [4.69, 9.17) is 17.3 Å². The summed E-state index contributed by atoms with van der Waals surface area (Å²) in [5, 5.41) is 23.8. The number of benzene rings is 2. The Morgan fingerprint density at radius 1 is 1.30 bits per heavy atom. The van der Waals surface area contributed by atoms with E-state index in [1.54, 1.807) is 24.3 Å². The summed E-state index contributed by atoms with van der Waals surface area (Å²) >= 11 is 5.96. The van der Waals surface area contributed by atoms with Gasteiger partial charge in [-0.15, -0.1) is 0 Å². The van der Waals surface area contributed by atoms with Crippen LogP contribution >= 0.6 is 11.6 Å². The minimum Gasteiger partial charge on any atom is -0.393 e. The number of nitrogens with two attached hydrogens (primary N) is 1. The maximum absolute atomic E-state index is 12.1. The van der Waals surface area contributed by atoms with Crippen LogP contribution < -0.4 is 11.1 Å². The van der Waals surface area contributed by atoms with Crippen molar-refractivity contribution in [3.05, 3.63) is 68.7 Å². The van der Waals surface area contributed by atoms with E-state index >= 15 is 0 Å². The summed E-state index contributed by atoms with van der Waals surface area (Å²) in [7, 11) is 0. The van der Waals surface area contributed by atoms with Gasteiger partial charge in [-0.05, 0) is 12.1 Å². The molecular weight excluding hydrogens is 322 g/mol. The average molecular weight is 336 g/mol. The molecule has 2 aromatic rings. The van der Waals surface area contributed by atoms with Crippen molar-refractivity contribution in [3.63, 3.8) is 0 Å². The number of nitrogens with zero attached hydrogens (tertiary/aromatic N) is 1. The van der Waals surface area contributed by atoms with E-state index in [9.17, 15) is 20.0 Å². The second-order valence-corrected chi connectivity index (χ2v) is 5.15. The molecule has 0 aromatic heterocycles. The molecule has 8 heteroatoms. The smallest absolute Gasteiger partial charge is 0.292 e. The van der Waals surface area contributed by atoms with Gasteiger partial charge in [0.2, 0.25) is 0 Å². The summed E-state index contributed by atoms with van der Waals surface area (Å²) in [4.78, 5) is 22.3. The first-order valence-electron chi connectivity index (χ1n) is 6.65. The molecule has 2 rings (SSSR count). The van der Waals surface area contributed by atoms with E-state index in [2.05, 4.69) is 5.32 Å². The summed E-state index contributed by atoms with van der Waals surface area (Å²) in [6.45, 7) is -0.106. The van der Waals surface area contributed by atoms with Gasteiger partial charge in [0.25, 0.3) is 11.6 Å². The van der Waals surface area contributed by atoms with E-state index < -0.39 is 16.9 Å². The lowest BCUT2D eigenvalue weighted by molar-refractivity contribution is -0.383. The minimum absolute atomic E-state index is 0.0226. The molecule has 7 nitrogen and oxygen atoms in total. The molecule has 120 valence electrons. The molecule has 0 aliphatic heterocycles. The number of rotatable bonds is 5. The van der Waals surface area contributed by atoms with Crippen molar-refractivity contribution in [2.45, 2.75) is 6.10 Å². The Kier molecular flexibility index (Phi) is 5.15. The number of halogens is 1. The summed E-state index contributed by atoms with van der Waals surface area (Å²) < 4.78 is 0. The number of nitrogens with one attached hydrogen (secondary N) is 1. The highest BCUT2D eigenvalue weighted by atomic mass is 35.5. The number of hydrogen-bond donors (Lipinski definition) is 3. The normalized spacial score (nSPS) is 11.7. The Morgan fingerprint density at radius 3 is 2.65 bits per heavy atom. The Labute approximate surface area is 136 Å². The SMILES string of the molecule is Nc1c(C(=O)NCC(O)c2ccccc2Cl)cccc1[N+](=O)[O-]. The van der Waals surface area contributed by atoms with E-state index in [1.807, 2.05) is 0 Å². The zero-order chi connectivity index (χ0) is 17.0. The van der Waals surface area contributed by atoms with Crippen molar-refractivity contribution >= 4 is 28.9 Å². The lowest BCUT2D eigenvalue weighted by atomic mass is 10.1. The standard InChI is InChI=1S/C15H14ClN3O4/c16-11-6-2-1-4-9(11)13(20)8-18-15(21)10-5-3-7-12(14(10)17)19(22)23/h1-7,13,20H,8,17H2,(H,18,21). The number of aliphatic hydroxyl groups is 1. The summed E-state index contributed by atoms with van der Waals surface area (Å²) in [5.74, 6) is -0.614. The molecule has 0 saturated heterocycles. The van der Waals surface area contributed by atoms with Crippen LogP contribution in [-0.4, -0.2) is 22.5 Å². The molecule has 1 atom stereocenters. The van der Waals surface area contributed by atoms with Gasteiger partial charge in [0.1, 0.15) is 5.69 Å². The van der Waals surface area contributed by atoms with Gasteiger partial charge in [0.15, 0.2) is 0 Å². The second-order valence-electron chi connectivity index (χ2n) is 4.74. The zero-order valence-electron chi connectivity index (χ0n) is 11.9. The Morgan fingerprint density at radius 2 is 2.00 bits per heavy atom. The van der Waals surface area contributed by atoms with Crippen LogP contribution in [0.2, 0.25) is 5.02 Å². The molecule has 2 aromatic carbocycles. The van der Waals surface area contributed by atoms with Crippen LogP contribution in [-0.2, 0) is 0 Å². The van der Waals surface area contributed by atoms with E-state index in [0.29, 0.717) is 10.6 Å². The number of nitrogen functional groups attached to an aromatic ring is 1. The number of nitro benzene ring substituents is 1. The van der Waals surface area contributed by atoms with Gasteiger partial charge in [-0.3, -0.25) is 14.9 Å². The van der Waals surface area contributed by atoms with Gasteiger partial charge in [0.05, 0.1) is 16.6 Å². The number of amides is 1. The van der Waals surface area contributed by atoms with Crippen LogP contribution in [0.1, 0.15) is 22.0 Å². The van der Waals surface area contributed by atoms with Crippen LogP contribution in [0.5, 0.6) is 0 Å². The molecule has 0 spiro atoms. The van der Waals surface area contributed by atoms with Crippen LogP contribution in [0, 0.1) is 10.1 Å². The second kappa shape index (κ2) is 7.08. The van der Waals surface area contributed by atoms with Gasteiger partial charge in [-0.2, -0.15) is 0 Å². The number of aliphatic hydroxyl groups excluding tert-OH is 1. The van der Waals surface area contributed by atoms with Crippen LogP contribution in [0.25, 0.3) is 0 Å². The molecular formula is C15H14ClN3O4. The maximum atomic E-state index is 12.1. The van der Waals surface area contributed by atoms with Crippen LogP contribution in [0.3, 0.4) is 0 Å². The summed E-state index contributed by atoms with van der Waals surface area (Å²) in [6.07, 6.45) is -1.01. The lowest BCUT2D eigenvalue weighted by Gasteiger charge is -2.14. The molecule has 0 saturated carbocycles. The number of anilines is 1. The van der Waals surface area contributed by atoms with Gasteiger partial charge < -0.3 is 16.2 Å². The monoisotopic (exact) mass is 335 g/mol. The maximum Gasteiger partial charge on any atom is 0.292 e. The molecule has 4 N–H and O–H groups in total. The number of hydrogen-bond acceptors (Lipinski definition) is 5. The highest BCUT2D eigenvalue weighted by Crippen LogP contribution is 2.25. The number of carbonyl (C=O) groups is 1. The van der Waals surface area contributed by atoms with E-state index in [-0.39, 0.29) is 23.5 Å². The minimum atomic E-state index is -1.01. The zero-order valence-corrected chi connectivity index (χ0v) is 12.7. The highest BCUT2D eigenvalue weighted by Gasteiger charge is 2.20. The third-order valence-electron chi connectivity index (χ3n) is 3.24. The van der Waals surface area contributed by atoms with Crippen LogP contribution in [0.15, 0.2) is 42.5 Å². The fourth-order valence-electron chi connectivity index (χ4n) is 2.05. The molecule has 0 radical (unpaired) electrons. The molecule has 0 aliphatic rings. The van der Waals surface area contributed by atoms with Crippen molar-refractivity contribution in [2.24, 2.45) is 0 Å². The first kappa shape index (κ1) is 16.7. The predicted molar refractivity (Wildman–Crippen MR) is 86.3 cm³/mol. The topological polar surface area (TPSA) is 118 Å². The molecule has 1 amide bonds.